The van der Waals surface area contributed by atoms with Gasteiger partial charge in [-0.1, -0.05) is 11.8 Å². The number of rotatable bonds is 3. The molecule has 0 aliphatic heterocycles. The Kier molecular flexibility index (Phi) is 8.57. The van der Waals surface area contributed by atoms with E-state index in [1.165, 1.54) is 0 Å². The van der Waals surface area contributed by atoms with Crippen molar-refractivity contribution in [2.75, 3.05) is 5.75 Å². The van der Waals surface area contributed by atoms with E-state index in [-0.39, 0.29) is 28.6 Å². The molecule has 0 rings (SSSR count). The zero-order valence-corrected chi connectivity index (χ0v) is 7.69. The summed E-state index contributed by atoms with van der Waals surface area (Å²) in [6.45, 7) is 0. The van der Waals surface area contributed by atoms with Crippen molar-refractivity contribution in [3.8, 4) is 0 Å². The van der Waals surface area contributed by atoms with Crippen molar-refractivity contribution < 1.29 is 9.90 Å². The number of nitrogens with two attached hydrogens (primary N) is 1. The summed E-state index contributed by atoms with van der Waals surface area (Å²) in [5.41, 5.74) is 4.93. The van der Waals surface area contributed by atoms with Gasteiger partial charge in [-0.3, -0.25) is 10.2 Å². The van der Waals surface area contributed by atoms with E-state index in [1.807, 2.05) is 0 Å². The lowest BCUT2D eigenvalue weighted by atomic mass is 10.5. The smallest absolute Gasteiger partial charge is 0.304 e. The van der Waals surface area contributed by atoms with Gasteiger partial charge in [0.25, 0.3) is 0 Å². The van der Waals surface area contributed by atoms with Gasteiger partial charge >= 0.3 is 5.97 Å². The van der Waals surface area contributed by atoms with Crippen molar-refractivity contribution in [2.24, 2.45) is 5.73 Å². The highest BCUT2D eigenvalue weighted by Crippen LogP contribution is 1.99. The number of halogens is 1. The number of hydrogen-bond acceptors (Lipinski definition) is 3. The molecular weight excluding hydrogens is 220 g/mol. The van der Waals surface area contributed by atoms with Gasteiger partial charge in [0.2, 0.25) is 0 Å². The average molecular weight is 229 g/mol. The lowest BCUT2D eigenvalue weighted by Gasteiger charge is -1.92. The molecule has 60 valence electrons. The minimum atomic E-state index is -0.858. The molecule has 0 aromatic rings. The van der Waals surface area contributed by atoms with Crippen LogP contribution in [0.25, 0.3) is 0 Å². The molecule has 0 aromatic carbocycles. The van der Waals surface area contributed by atoms with E-state index in [9.17, 15) is 4.79 Å². The summed E-state index contributed by atoms with van der Waals surface area (Å²) < 4.78 is 0. The highest BCUT2D eigenvalue weighted by atomic mass is 79.9. The molecule has 0 unspecified atom stereocenters. The maximum Gasteiger partial charge on any atom is 0.304 e. The number of aliphatic carboxylic acids is 1. The minimum Gasteiger partial charge on any atom is -0.481 e. The molecule has 0 heterocycles. The first kappa shape index (κ1) is 12.4. The fourth-order valence-electron chi connectivity index (χ4n) is 0.248. The number of amidine groups is 1. The van der Waals surface area contributed by atoms with Gasteiger partial charge in [-0.25, -0.2) is 0 Å². The van der Waals surface area contributed by atoms with Gasteiger partial charge < -0.3 is 10.8 Å². The Morgan fingerprint density at radius 2 is 2.20 bits per heavy atom. The van der Waals surface area contributed by atoms with E-state index >= 15 is 0 Å². The predicted octanol–water partition coefficient (Wildman–Crippen LogP) is 0.666. The highest BCUT2D eigenvalue weighted by molar-refractivity contribution is 8.93. The number of carboxylic acids is 1. The molecule has 6 heteroatoms. The molecule has 0 atom stereocenters. The van der Waals surface area contributed by atoms with Crippen molar-refractivity contribution in [3.63, 3.8) is 0 Å². The van der Waals surface area contributed by atoms with E-state index in [0.717, 1.165) is 11.8 Å². The van der Waals surface area contributed by atoms with Crippen LogP contribution in [0.5, 0.6) is 0 Å². The third-order valence-electron chi connectivity index (χ3n) is 0.573. The van der Waals surface area contributed by atoms with Crippen molar-refractivity contribution in [2.45, 2.75) is 6.42 Å². The molecular formula is C4H9BrN2O2S. The summed E-state index contributed by atoms with van der Waals surface area (Å²) in [7, 11) is 0. The standard InChI is InChI=1S/C4H8N2O2S.BrH/c5-4(6)9-2-1-3(7)8;/h1-2H2,(H3,5,6)(H,7,8);1H. The fraction of sp³-hybridized carbons (Fsp3) is 0.500. The molecule has 4 N–H and O–H groups in total. The molecule has 0 aromatic heterocycles. The van der Waals surface area contributed by atoms with Gasteiger partial charge in [-0.15, -0.1) is 17.0 Å². The van der Waals surface area contributed by atoms with Crippen LogP contribution in [-0.2, 0) is 4.79 Å². The van der Waals surface area contributed by atoms with E-state index in [4.69, 9.17) is 16.2 Å². The summed E-state index contributed by atoms with van der Waals surface area (Å²) in [6.07, 6.45) is 0.0598. The molecule has 0 aliphatic rings. The van der Waals surface area contributed by atoms with E-state index in [0.29, 0.717) is 5.75 Å². The van der Waals surface area contributed by atoms with Crippen LogP contribution in [0.15, 0.2) is 0 Å². The summed E-state index contributed by atoms with van der Waals surface area (Å²) >= 11 is 1.04. The Hall–Kier alpha value is -0.230. The topological polar surface area (TPSA) is 87.2 Å². The molecule has 0 radical (unpaired) electrons. The molecule has 0 bridgehead atoms. The predicted molar refractivity (Wildman–Crippen MR) is 46.9 cm³/mol. The Morgan fingerprint density at radius 3 is 2.50 bits per heavy atom. The summed E-state index contributed by atoms with van der Waals surface area (Å²) in [5, 5.41) is 14.8. The zero-order valence-electron chi connectivity index (χ0n) is 5.16. The van der Waals surface area contributed by atoms with Gasteiger partial charge in [-0.05, 0) is 0 Å². The Balaban J connectivity index is 0. The number of carbonyl (C=O) groups is 1. The van der Waals surface area contributed by atoms with Crippen molar-refractivity contribution in [3.05, 3.63) is 0 Å². The van der Waals surface area contributed by atoms with Crippen molar-refractivity contribution >= 4 is 39.9 Å². The molecule has 0 saturated heterocycles. The zero-order chi connectivity index (χ0) is 7.28. The Morgan fingerprint density at radius 1 is 1.70 bits per heavy atom. The summed E-state index contributed by atoms with van der Waals surface area (Å²) in [5.74, 6) is -0.478. The molecule has 0 aliphatic carbocycles. The highest BCUT2D eigenvalue weighted by Gasteiger charge is 1.96. The van der Waals surface area contributed by atoms with Gasteiger partial charge in [-0.2, -0.15) is 0 Å². The van der Waals surface area contributed by atoms with E-state index < -0.39 is 5.97 Å². The summed E-state index contributed by atoms with van der Waals surface area (Å²) in [4.78, 5) is 9.86. The quantitative estimate of drug-likeness (QED) is 0.490. The van der Waals surface area contributed by atoms with Crippen LogP contribution < -0.4 is 5.73 Å². The van der Waals surface area contributed by atoms with Crippen LogP contribution in [0.4, 0.5) is 0 Å². The SMILES string of the molecule is Br.N=C(N)SCCC(=O)O. The van der Waals surface area contributed by atoms with Crippen LogP contribution in [0, 0.1) is 5.41 Å². The second-order valence-corrected chi connectivity index (χ2v) is 2.49. The molecule has 10 heavy (non-hydrogen) atoms. The fourth-order valence-corrected chi connectivity index (χ4v) is 0.745. The first-order chi connectivity index (χ1) is 4.13. The largest absolute Gasteiger partial charge is 0.481 e. The van der Waals surface area contributed by atoms with Gasteiger partial charge in [0.15, 0.2) is 5.17 Å². The monoisotopic (exact) mass is 228 g/mol. The van der Waals surface area contributed by atoms with Crippen LogP contribution in [0.3, 0.4) is 0 Å². The van der Waals surface area contributed by atoms with E-state index in [1.54, 1.807) is 0 Å². The molecule has 0 saturated carbocycles. The first-order valence-electron chi connectivity index (χ1n) is 2.31. The number of hydrogen-bond donors (Lipinski definition) is 3. The lowest BCUT2D eigenvalue weighted by Crippen LogP contribution is -2.06. The lowest BCUT2D eigenvalue weighted by molar-refractivity contribution is -0.136. The second kappa shape index (κ2) is 6.88. The van der Waals surface area contributed by atoms with Crippen LogP contribution in [0.1, 0.15) is 6.42 Å². The molecule has 0 spiro atoms. The Labute approximate surface area is 73.5 Å². The van der Waals surface area contributed by atoms with Crippen molar-refractivity contribution in [1.82, 2.24) is 0 Å². The second-order valence-electron chi connectivity index (χ2n) is 1.36. The van der Waals surface area contributed by atoms with E-state index in [2.05, 4.69) is 0 Å². The van der Waals surface area contributed by atoms with Gasteiger partial charge in [0.05, 0.1) is 6.42 Å². The maximum atomic E-state index is 9.86. The number of thioether (sulfide) groups is 1. The summed E-state index contributed by atoms with van der Waals surface area (Å²) in [6, 6.07) is 0. The maximum absolute atomic E-state index is 9.86. The van der Waals surface area contributed by atoms with Gasteiger partial charge in [0.1, 0.15) is 0 Å². The Bertz CT molecular complexity index is 116. The van der Waals surface area contributed by atoms with Crippen molar-refractivity contribution in [1.29, 1.82) is 5.41 Å². The van der Waals surface area contributed by atoms with Gasteiger partial charge in [0, 0.05) is 5.75 Å². The molecule has 0 fully saturated rings. The number of nitrogens with one attached hydrogen (secondary N) is 1. The number of carboxylic acid groups (broad SMARTS) is 1. The molecule has 4 nitrogen and oxygen atoms in total. The average Bonchev–Trinajstić information content (AvgIpc) is 1.63. The van der Waals surface area contributed by atoms with Crippen LogP contribution >= 0.6 is 28.7 Å². The third kappa shape index (κ3) is 10.7. The minimum absolute atomic E-state index is 0. The van der Waals surface area contributed by atoms with Crippen LogP contribution in [-0.4, -0.2) is 22.0 Å². The first-order valence-corrected chi connectivity index (χ1v) is 3.30. The normalized spacial score (nSPS) is 8.00. The third-order valence-corrected chi connectivity index (χ3v) is 1.29. The molecule has 0 amide bonds. The van der Waals surface area contributed by atoms with Crippen LogP contribution in [0.2, 0.25) is 0 Å².